The first-order valence-corrected chi connectivity index (χ1v) is 9.45. The van der Waals surface area contributed by atoms with Gasteiger partial charge in [-0.3, -0.25) is 9.59 Å². The molecule has 1 aromatic carbocycles. The Balaban J connectivity index is 2.43. The predicted molar refractivity (Wildman–Crippen MR) is 109 cm³/mol. The fourth-order valence-corrected chi connectivity index (χ4v) is 3.51. The molecule has 0 bridgehead atoms. The standard InChI is InChI=1S/C22H27FN2O5/c1-13-19(14(2)24(4)20(13)22(28)30-6)21(27)15(3)25(18(26)12-29-5)11-16-7-9-17(23)10-8-16/h7-10,15H,11-12H2,1-6H3/t15-/m0/s1. The molecule has 2 rings (SSSR count). The van der Waals surface area contributed by atoms with Crippen LogP contribution < -0.4 is 0 Å². The van der Waals surface area contributed by atoms with Gasteiger partial charge < -0.3 is 18.9 Å². The molecule has 0 spiro atoms. The first-order valence-electron chi connectivity index (χ1n) is 9.45. The molecule has 0 aliphatic rings. The maximum absolute atomic E-state index is 13.4. The Morgan fingerprint density at radius 3 is 2.27 bits per heavy atom. The lowest BCUT2D eigenvalue weighted by Crippen LogP contribution is -2.44. The van der Waals surface area contributed by atoms with Crippen LogP contribution >= 0.6 is 0 Å². The van der Waals surface area contributed by atoms with E-state index in [1.165, 1.54) is 31.3 Å². The molecule has 30 heavy (non-hydrogen) atoms. The van der Waals surface area contributed by atoms with Crippen LogP contribution in [0.1, 0.15) is 44.6 Å². The minimum Gasteiger partial charge on any atom is -0.464 e. The van der Waals surface area contributed by atoms with Gasteiger partial charge >= 0.3 is 5.97 Å². The number of amides is 1. The molecule has 162 valence electrons. The van der Waals surface area contributed by atoms with Gasteiger partial charge in [0.1, 0.15) is 18.1 Å². The number of rotatable bonds is 8. The lowest BCUT2D eigenvalue weighted by atomic mass is 9.99. The first kappa shape index (κ1) is 23.3. The van der Waals surface area contributed by atoms with Gasteiger partial charge in [0.2, 0.25) is 5.91 Å². The Labute approximate surface area is 175 Å². The summed E-state index contributed by atoms with van der Waals surface area (Å²) < 4.78 is 24.6. The smallest absolute Gasteiger partial charge is 0.354 e. The summed E-state index contributed by atoms with van der Waals surface area (Å²) in [5.41, 5.74) is 2.45. The summed E-state index contributed by atoms with van der Waals surface area (Å²) >= 11 is 0. The van der Waals surface area contributed by atoms with Gasteiger partial charge in [0.05, 0.1) is 13.2 Å². The number of hydrogen-bond acceptors (Lipinski definition) is 5. The molecule has 0 saturated heterocycles. The molecular formula is C22H27FN2O5. The average molecular weight is 418 g/mol. The minimum absolute atomic E-state index is 0.115. The first-order chi connectivity index (χ1) is 14.1. The van der Waals surface area contributed by atoms with Crippen molar-refractivity contribution in [3.05, 3.63) is 58.2 Å². The number of ether oxygens (including phenoxy) is 2. The van der Waals surface area contributed by atoms with E-state index in [0.29, 0.717) is 28.1 Å². The number of Topliss-reactive ketones (excluding diaryl/α,β-unsaturated/α-hetero) is 1. The van der Waals surface area contributed by atoms with Crippen LogP contribution in [0.3, 0.4) is 0 Å². The Hall–Kier alpha value is -3.00. The van der Waals surface area contributed by atoms with Gasteiger partial charge in [0.25, 0.3) is 0 Å². The molecular weight excluding hydrogens is 391 g/mol. The molecule has 0 fully saturated rings. The number of ketones is 1. The molecule has 8 heteroatoms. The van der Waals surface area contributed by atoms with Crippen LogP contribution in [0.25, 0.3) is 0 Å². The predicted octanol–water partition coefficient (Wildman–Crippen LogP) is 2.81. The van der Waals surface area contributed by atoms with Gasteiger partial charge in [-0.1, -0.05) is 12.1 Å². The Morgan fingerprint density at radius 1 is 1.13 bits per heavy atom. The summed E-state index contributed by atoms with van der Waals surface area (Å²) in [5.74, 6) is -1.60. The fraction of sp³-hybridized carbons (Fsp3) is 0.409. The van der Waals surface area contributed by atoms with Crippen LogP contribution in [0.4, 0.5) is 4.39 Å². The van der Waals surface area contributed by atoms with E-state index in [9.17, 15) is 18.8 Å². The SMILES string of the molecule is COCC(=O)N(Cc1ccc(F)cc1)[C@@H](C)C(=O)c1c(C)c(C(=O)OC)n(C)c1C. The van der Waals surface area contributed by atoms with Gasteiger partial charge in [0, 0.05) is 32.0 Å². The normalized spacial score (nSPS) is 11.8. The largest absolute Gasteiger partial charge is 0.464 e. The van der Waals surface area contributed by atoms with Crippen LogP contribution in [-0.2, 0) is 27.9 Å². The van der Waals surface area contributed by atoms with E-state index >= 15 is 0 Å². The lowest BCUT2D eigenvalue weighted by molar-refractivity contribution is -0.137. The zero-order chi connectivity index (χ0) is 22.6. The van der Waals surface area contributed by atoms with Crippen molar-refractivity contribution in [2.24, 2.45) is 7.05 Å². The highest BCUT2D eigenvalue weighted by molar-refractivity contribution is 6.06. The van der Waals surface area contributed by atoms with Crippen molar-refractivity contribution in [1.29, 1.82) is 0 Å². The van der Waals surface area contributed by atoms with Crippen LogP contribution in [0.2, 0.25) is 0 Å². The molecule has 0 unspecified atom stereocenters. The molecule has 1 heterocycles. The summed E-state index contributed by atoms with van der Waals surface area (Å²) in [6.07, 6.45) is 0. The molecule has 0 N–H and O–H groups in total. The maximum atomic E-state index is 13.4. The molecule has 1 amide bonds. The van der Waals surface area contributed by atoms with Gasteiger partial charge in [0.15, 0.2) is 5.78 Å². The molecule has 2 aromatic rings. The number of carbonyl (C=O) groups excluding carboxylic acids is 3. The van der Waals surface area contributed by atoms with E-state index in [2.05, 4.69) is 0 Å². The quantitative estimate of drug-likeness (QED) is 0.487. The number of halogens is 1. The number of nitrogens with zero attached hydrogens (tertiary/aromatic N) is 2. The van der Waals surface area contributed by atoms with E-state index in [1.807, 2.05) is 0 Å². The molecule has 1 aromatic heterocycles. The van der Waals surface area contributed by atoms with Gasteiger partial charge in [-0.15, -0.1) is 0 Å². The van der Waals surface area contributed by atoms with E-state index in [0.717, 1.165) is 0 Å². The summed E-state index contributed by atoms with van der Waals surface area (Å²) in [5, 5.41) is 0. The van der Waals surface area contributed by atoms with Crippen molar-refractivity contribution in [3.63, 3.8) is 0 Å². The third-order valence-corrected chi connectivity index (χ3v) is 5.26. The van der Waals surface area contributed by atoms with E-state index in [-0.39, 0.29) is 30.7 Å². The van der Waals surface area contributed by atoms with Gasteiger partial charge in [-0.2, -0.15) is 0 Å². The summed E-state index contributed by atoms with van der Waals surface area (Å²) in [6, 6.07) is 4.90. The summed E-state index contributed by atoms with van der Waals surface area (Å²) in [6.45, 7) is 4.97. The number of esters is 1. The zero-order valence-electron chi connectivity index (χ0n) is 18.1. The second-order valence-corrected chi connectivity index (χ2v) is 7.11. The highest BCUT2D eigenvalue weighted by atomic mass is 19.1. The van der Waals surface area contributed by atoms with Crippen molar-refractivity contribution in [1.82, 2.24) is 9.47 Å². The van der Waals surface area contributed by atoms with Gasteiger partial charge in [-0.05, 0) is 44.0 Å². The minimum atomic E-state index is -0.831. The fourth-order valence-electron chi connectivity index (χ4n) is 3.51. The number of benzene rings is 1. The van der Waals surface area contributed by atoms with E-state index in [4.69, 9.17) is 9.47 Å². The van der Waals surface area contributed by atoms with E-state index < -0.39 is 12.0 Å². The second kappa shape index (κ2) is 9.67. The third kappa shape index (κ3) is 4.59. The topological polar surface area (TPSA) is 77.8 Å². The number of methoxy groups -OCH3 is 2. The third-order valence-electron chi connectivity index (χ3n) is 5.26. The molecule has 0 aliphatic carbocycles. The second-order valence-electron chi connectivity index (χ2n) is 7.11. The molecule has 0 saturated carbocycles. The zero-order valence-corrected chi connectivity index (χ0v) is 18.1. The van der Waals surface area contributed by atoms with Crippen molar-refractivity contribution < 1.29 is 28.2 Å². The van der Waals surface area contributed by atoms with Crippen molar-refractivity contribution in [3.8, 4) is 0 Å². The van der Waals surface area contributed by atoms with Crippen LogP contribution in [0.5, 0.6) is 0 Å². The highest BCUT2D eigenvalue weighted by Crippen LogP contribution is 2.25. The van der Waals surface area contributed by atoms with Crippen molar-refractivity contribution >= 4 is 17.7 Å². The van der Waals surface area contributed by atoms with Gasteiger partial charge in [-0.25, -0.2) is 9.18 Å². The highest BCUT2D eigenvalue weighted by Gasteiger charge is 2.32. The van der Waals surface area contributed by atoms with Crippen LogP contribution in [0.15, 0.2) is 24.3 Å². The van der Waals surface area contributed by atoms with Crippen LogP contribution in [0, 0.1) is 19.7 Å². The van der Waals surface area contributed by atoms with E-state index in [1.54, 1.807) is 44.5 Å². The Bertz CT molecular complexity index is 949. The maximum Gasteiger partial charge on any atom is 0.354 e. The van der Waals surface area contributed by atoms with Crippen LogP contribution in [-0.4, -0.2) is 54.0 Å². The summed E-state index contributed by atoms with van der Waals surface area (Å²) in [4.78, 5) is 39.6. The summed E-state index contributed by atoms with van der Waals surface area (Å²) in [7, 11) is 4.36. The number of hydrogen-bond donors (Lipinski definition) is 0. The molecule has 0 radical (unpaired) electrons. The molecule has 7 nitrogen and oxygen atoms in total. The lowest BCUT2D eigenvalue weighted by Gasteiger charge is -2.28. The molecule has 0 aliphatic heterocycles. The average Bonchev–Trinajstić information content (AvgIpc) is 2.94. The van der Waals surface area contributed by atoms with Crippen molar-refractivity contribution in [2.45, 2.75) is 33.4 Å². The number of carbonyl (C=O) groups is 3. The molecule has 1 atom stereocenters. The Kier molecular flexibility index (Phi) is 7.50. The monoisotopic (exact) mass is 418 g/mol. The van der Waals surface area contributed by atoms with Crippen molar-refractivity contribution in [2.75, 3.05) is 20.8 Å². The number of aromatic nitrogens is 1. The Morgan fingerprint density at radius 2 is 1.73 bits per heavy atom.